The molecule has 1 amide bonds. The van der Waals surface area contributed by atoms with Gasteiger partial charge in [0.2, 0.25) is 5.91 Å². The lowest BCUT2D eigenvalue weighted by Gasteiger charge is -2.09. The Morgan fingerprint density at radius 1 is 1.77 bits per heavy atom. The number of rotatable bonds is 3. The third-order valence-corrected chi connectivity index (χ3v) is 2.49. The summed E-state index contributed by atoms with van der Waals surface area (Å²) in [5.41, 5.74) is 0. The Morgan fingerprint density at radius 3 is 2.92 bits per heavy atom. The summed E-state index contributed by atoms with van der Waals surface area (Å²) in [7, 11) is 0. The van der Waals surface area contributed by atoms with Crippen LogP contribution in [-0.2, 0) is 14.3 Å². The molecule has 0 unspecified atom stereocenters. The van der Waals surface area contributed by atoms with Gasteiger partial charge in [-0.15, -0.1) is 11.6 Å². The van der Waals surface area contributed by atoms with E-state index in [-0.39, 0.29) is 24.2 Å². The first-order valence-electron chi connectivity index (χ1n) is 4.22. The van der Waals surface area contributed by atoms with Crippen molar-refractivity contribution in [2.24, 2.45) is 5.92 Å². The molecule has 0 saturated carbocycles. The molecule has 0 aromatic heterocycles. The van der Waals surface area contributed by atoms with Crippen molar-refractivity contribution in [3.8, 4) is 0 Å². The van der Waals surface area contributed by atoms with E-state index in [4.69, 9.17) is 16.3 Å². The van der Waals surface area contributed by atoms with Gasteiger partial charge in [0, 0.05) is 12.5 Å². The first-order valence-corrected chi connectivity index (χ1v) is 4.66. The van der Waals surface area contributed by atoms with E-state index in [0.717, 1.165) is 0 Å². The van der Waals surface area contributed by atoms with Crippen LogP contribution in [0.5, 0.6) is 0 Å². The minimum atomic E-state index is -0.593. The van der Waals surface area contributed by atoms with Crippen molar-refractivity contribution in [2.45, 2.75) is 18.7 Å². The lowest BCUT2D eigenvalue weighted by atomic mass is 10.0. The van der Waals surface area contributed by atoms with E-state index in [1.165, 1.54) is 0 Å². The fourth-order valence-corrected chi connectivity index (χ4v) is 1.51. The van der Waals surface area contributed by atoms with E-state index < -0.39 is 5.38 Å². The Kier molecular flexibility index (Phi) is 3.54. The maximum atomic E-state index is 11.0. The van der Waals surface area contributed by atoms with E-state index in [1.807, 2.05) is 0 Å². The van der Waals surface area contributed by atoms with Gasteiger partial charge in [0.25, 0.3) is 0 Å². The van der Waals surface area contributed by atoms with Gasteiger partial charge in [0.15, 0.2) is 0 Å². The summed E-state index contributed by atoms with van der Waals surface area (Å²) in [5.74, 6) is -0.626. The lowest BCUT2D eigenvalue weighted by Crippen LogP contribution is -2.21. The summed E-state index contributed by atoms with van der Waals surface area (Å²) in [6.45, 7) is 2.57. The van der Waals surface area contributed by atoms with Crippen LogP contribution in [0.1, 0.15) is 13.3 Å². The van der Waals surface area contributed by atoms with E-state index in [2.05, 4.69) is 5.32 Å². The summed E-state index contributed by atoms with van der Waals surface area (Å²) in [6.07, 6.45) is 0.209. The molecular formula is C8H12ClNO3. The van der Waals surface area contributed by atoms with E-state index in [9.17, 15) is 9.59 Å². The van der Waals surface area contributed by atoms with Gasteiger partial charge in [0.05, 0.1) is 13.0 Å². The van der Waals surface area contributed by atoms with Crippen LogP contribution in [0.3, 0.4) is 0 Å². The molecule has 1 fully saturated rings. The molecule has 1 N–H and O–H groups in total. The molecule has 13 heavy (non-hydrogen) atoms. The largest absolute Gasteiger partial charge is 0.466 e. The van der Waals surface area contributed by atoms with Gasteiger partial charge in [-0.05, 0) is 6.92 Å². The normalized spacial score (nSPS) is 27.1. The zero-order chi connectivity index (χ0) is 9.84. The Morgan fingerprint density at radius 2 is 2.46 bits per heavy atom. The quantitative estimate of drug-likeness (QED) is 0.533. The highest BCUT2D eigenvalue weighted by Crippen LogP contribution is 2.20. The fraction of sp³-hybridized carbons (Fsp3) is 0.750. The summed E-state index contributed by atoms with van der Waals surface area (Å²) in [6, 6.07) is 0. The number of alkyl halides is 1. The zero-order valence-electron chi connectivity index (χ0n) is 7.38. The number of hydrogen-bond acceptors (Lipinski definition) is 3. The van der Waals surface area contributed by atoms with Crippen molar-refractivity contribution < 1.29 is 14.3 Å². The number of hydrogen-bond donors (Lipinski definition) is 1. The molecule has 1 heterocycles. The van der Waals surface area contributed by atoms with Crippen molar-refractivity contribution in [1.29, 1.82) is 0 Å². The van der Waals surface area contributed by atoms with Crippen LogP contribution >= 0.6 is 11.6 Å². The number of esters is 1. The summed E-state index contributed by atoms with van der Waals surface area (Å²) >= 11 is 5.75. The molecule has 4 nitrogen and oxygen atoms in total. The first-order chi connectivity index (χ1) is 6.15. The second kappa shape index (κ2) is 4.46. The third kappa shape index (κ3) is 2.59. The maximum absolute atomic E-state index is 11.0. The third-order valence-electron chi connectivity index (χ3n) is 1.94. The molecule has 5 heteroatoms. The van der Waals surface area contributed by atoms with E-state index in [1.54, 1.807) is 6.92 Å². The molecule has 0 spiro atoms. The molecule has 0 aromatic carbocycles. The van der Waals surface area contributed by atoms with Crippen LogP contribution in [0.4, 0.5) is 0 Å². The minimum Gasteiger partial charge on any atom is -0.466 e. The van der Waals surface area contributed by atoms with E-state index in [0.29, 0.717) is 13.2 Å². The average molecular weight is 206 g/mol. The second-order valence-electron chi connectivity index (χ2n) is 2.92. The van der Waals surface area contributed by atoms with Crippen molar-refractivity contribution in [2.75, 3.05) is 13.2 Å². The Labute approximate surface area is 81.6 Å². The minimum absolute atomic E-state index is 0.131. The Hall–Kier alpha value is -0.770. The number of ether oxygens (including phenoxy) is 1. The highest BCUT2D eigenvalue weighted by atomic mass is 35.5. The molecular weight excluding hydrogens is 194 g/mol. The second-order valence-corrected chi connectivity index (χ2v) is 3.39. The average Bonchev–Trinajstić information content (AvgIpc) is 2.37. The fourth-order valence-electron chi connectivity index (χ4n) is 1.26. The van der Waals surface area contributed by atoms with Gasteiger partial charge in [-0.25, -0.2) is 0 Å². The molecule has 0 aliphatic carbocycles. The van der Waals surface area contributed by atoms with Gasteiger partial charge >= 0.3 is 5.97 Å². The van der Waals surface area contributed by atoms with Crippen molar-refractivity contribution in [1.82, 2.24) is 5.32 Å². The Bertz CT molecular complexity index is 219. The van der Waals surface area contributed by atoms with Gasteiger partial charge < -0.3 is 10.1 Å². The van der Waals surface area contributed by atoms with Crippen LogP contribution in [0.2, 0.25) is 0 Å². The topological polar surface area (TPSA) is 55.4 Å². The van der Waals surface area contributed by atoms with Gasteiger partial charge in [-0.1, -0.05) is 0 Å². The molecule has 74 valence electrons. The lowest BCUT2D eigenvalue weighted by molar-refractivity contribution is -0.144. The van der Waals surface area contributed by atoms with Gasteiger partial charge in [0.1, 0.15) is 5.38 Å². The van der Waals surface area contributed by atoms with Crippen LogP contribution in [0.15, 0.2) is 0 Å². The van der Waals surface area contributed by atoms with Crippen LogP contribution < -0.4 is 5.32 Å². The molecule has 1 rings (SSSR count). The van der Waals surface area contributed by atoms with Crippen molar-refractivity contribution in [3.05, 3.63) is 0 Å². The smallest absolute Gasteiger partial charge is 0.306 e. The molecule has 1 saturated heterocycles. The number of halogens is 1. The number of carbonyl (C=O) groups is 2. The SMILES string of the molecule is CCOC(=O)C[C@H]1CNC(=O)[C@H]1Cl. The van der Waals surface area contributed by atoms with Crippen molar-refractivity contribution >= 4 is 23.5 Å². The van der Waals surface area contributed by atoms with Crippen LogP contribution in [0.25, 0.3) is 0 Å². The predicted molar refractivity (Wildman–Crippen MR) is 47.4 cm³/mol. The van der Waals surface area contributed by atoms with Gasteiger partial charge in [-0.2, -0.15) is 0 Å². The molecule has 0 radical (unpaired) electrons. The molecule has 0 bridgehead atoms. The molecule has 0 aromatic rings. The highest BCUT2D eigenvalue weighted by Gasteiger charge is 2.34. The zero-order valence-corrected chi connectivity index (χ0v) is 8.13. The number of nitrogens with one attached hydrogen (secondary N) is 1. The summed E-state index contributed by atoms with van der Waals surface area (Å²) < 4.78 is 4.75. The van der Waals surface area contributed by atoms with Crippen LogP contribution in [0, 0.1) is 5.92 Å². The Balaban J connectivity index is 2.37. The van der Waals surface area contributed by atoms with Crippen LogP contribution in [-0.4, -0.2) is 30.4 Å². The monoisotopic (exact) mass is 205 g/mol. The van der Waals surface area contributed by atoms with Crippen molar-refractivity contribution in [3.63, 3.8) is 0 Å². The highest BCUT2D eigenvalue weighted by molar-refractivity contribution is 6.31. The molecule has 2 atom stereocenters. The molecule has 1 aliphatic rings. The predicted octanol–water partition coefficient (Wildman–Crippen LogP) is 0.293. The first kappa shape index (κ1) is 10.3. The summed E-state index contributed by atoms with van der Waals surface area (Å²) in [4.78, 5) is 22.0. The number of carbonyl (C=O) groups excluding carboxylic acids is 2. The van der Waals surface area contributed by atoms with Gasteiger partial charge in [-0.3, -0.25) is 9.59 Å². The number of amides is 1. The van der Waals surface area contributed by atoms with E-state index >= 15 is 0 Å². The molecule has 1 aliphatic heterocycles. The maximum Gasteiger partial charge on any atom is 0.306 e. The summed E-state index contributed by atoms with van der Waals surface area (Å²) in [5, 5.41) is 2.00. The standard InChI is InChI=1S/C8H12ClNO3/c1-2-13-6(11)3-5-4-10-8(12)7(5)9/h5,7H,2-4H2,1H3,(H,10,12)/t5-,7-/m0/s1.